The zero-order valence-corrected chi connectivity index (χ0v) is 10.1. The van der Waals surface area contributed by atoms with E-state index in [9.17, 15) is 35.9 Å². The van der Waals surface area contributed by atoms with E-state index in [-0.39, 0.29) is 5.56 Å². The second-order valence-electron chi connectivity index (χ2n) is 3.65. The molecule has 10 heteroatoms. The Hall–Kier alpha value is -2.26. The van der Waals surface area contributed by atoms with Crippen molar-refractivity contribution < 1.29 is 45.4 Å². The number of alkyl halides is 6. The summed E-state index contributed by atoms with van der Waals surface area (Å²) in [6, 6.07) is 2.78. The van der Waals surface area contributed by atoms with E-state index in [0.29, 0.717) is 0 Å². The maximum absolute atomic E-state index is 12.0. The topological polar surface area (TPSA) is 52.6 Å². The summed E-state index contributed by atoms with van der Waals surface area (Å²) < 4.78 is 80.1. The van der Waals surface area contributed by atoms with Crippen LogP contribution in [0.25, 0.3) is 0 Å². The number of hydrogen-bond donors (Lipinski definition) is 0. The molecule has 1 rings (SSSR count). The lowest BCUT2D eigenvalue weighted by atomic mass is 10.2. The smallest absolute Gasteiger partial charge is 0.419 e. The molecule has 0 spiro atoms. The molecule has 0 saturated carbocycles. The lowest BCUT2D eigenvalue weighted by molar-refractivity contribution is -0.190. The molecule has 0 aliphatic heterocycles. The molecular formula is C11H6F6O4. The van der Waals surface area contributed by atoms with Crippen LogP contribution in [0, 0.1) is 6.92 Å². The number of carbonyl (C=O) groups is 2. The van der Waals surface area contributed by atoms with E-state index in [2.05, 4.69) is 9.47 Å². The molecule has 0 saturated heterocycles. The Morgan fingerprint density at radius 1 is 0.857 bits per heavy atom. The van der Waals surface area contributed by atoms with Gasteiger partial charge in [0.25, 0.3) is 0 Å². The normalized spacial score (nSPS) is 12.0. The van der Waals surface area contributed by atoms with E-state index in [1.54, 1.807) is 0 Å². The van der Waals surface area contributed by atoms with Crippen molar-refractivity contribution in [2.45, 2.75) is 19.3 Å². The number of halogens is 6. The molecule has 0 fully saturated rings. The minimum atomic E-state index is -5.27. The molecule has 0 heterocycles. The minimum Gasteiger partial charge on any atom is -0.419 e. The molecule has 1 aromatic carbocycles. The standard InChI is InChI=1S/C11H6F6O4/c1-5-6(20-8(18)10(12,13)14)3-2-4-7(5)21-9(19)11(15,16)17/h2-4H,1H3. The van der Waals surface area contributed by atoms with Gasteiger partial charge in [-0.25, -0.2) is 9.59 Å². The second kappa shape index (κ2) is 5.62. The van der Waals surface area contributed by atoms with Gasteiger partial charge in [0.05, 0.1) is 0 Å². The average molecular weight is 316 g/mol. The van der Waals surface area contributed by atoms with Gasteiger partial charge in [0, 0.05) is 5.56 Å². The van der Waals surface area contributed by atoms with Crippen molar-refractivity contribution in [3.05, 3.63) is 23.8 Å². The molecule has 0 aromatic heterocycles. The van der Waals surface area contributed by atoms with Gasteiger partial charge in [-0.3, -0.25) is 0 Å². The Morgan fingerprint density at radius 3 is 1.48 bits per heavy atom. The van der Waals surface area contributed by atoms with Gasteiger partial charge < -0.3 is 9.47 Å². The summed E-state index contributed by atoms with van der Waals surface area (Å²) in [5.74, 6) is -6.45. The third kappa shape index (κ3) is 4.36. The molecule has 0 aliphatic rings. The van der Waals surface area contributed by atoms with Crippen LogP contribution in [0.3, 0.4) is 0 Å². The molecule has 0 N–H and O–H groups in total. The van der Waals surface area contributed by atoms with Gasteiger partial charge in [0.1, 0.15) is 11.5 Å². The van der Waals surface area contributed by atoms with E-state index in [4.69, 9.17) is 0 Å². The molecule has 4 nitrogen and oxygen atoms in total. The van der Waals surface area contributed by atoms with Gasteiger partial charge in [-0.15, -0.1) is 0 Å². The van der Waals surface area contributed by atoms with Crippen LogP contribution >= 0.6 is 0 Å². The first-order chi connectivity index (χ1) is 9.43. The highest BCUT2D eigenvalue weighted by Gasteiger charge is 2.43. The Bertz CT molecular complexity index is 515. The largest absolute Gasteiger partial charge is 0.491 e. The van der Waals surface area contributed by atoms with Crippen molar-refractivity contribution in [3.63, 3.8) is 0 Å². The minimum absolute atomic E-state index is 0.368. The molecule has 116 valence electrons. The third-order valence-electron chi connectivity index (χ3n) is 2.10. The quantitative estimate of drug-likeness (QED) is 0.478. The fraction of sp³-hybridized carbons (Fsp3) is 0.273. The maximum Gasteiger partial charge on any atom is 0.491 e. The number of esters is 2. The van der Waals surface area contributed by atoms with Crippen molar-refractivity contribution in [2.75, 3.05) is 0 Å². The van der Waals surface area contributed by atoms with E-state index in [0.717, 1.165) is 25.1 Å². The third-order valence-corrected chi connectivity index (χ3v) is 2.10. The Labute approximate surface area is 113 Å². The van der Waals surface area contributed by atoms with Crippen molar-refractivity contribution in [2.24, 2.45) is 0 Å². The van der Waals surface area contributed by atoms with Crippen molar-refractivity contribution in [3.8, 4) is 11.5 Å². The summed E-state index contributed by atoms with van der Waals surface area (Å²) in [6.45, 7) is 1.03. The highest BCUT2D eigenvalue weighted by Crippen LogP contribution is 2.30. The predicted octanol–water partition coefficient (Wildman–Crippen LogP) is 2.93. The molecule has 0 atom stereocenters. The van der Waals surface area contributed by atoms with Gasteiger partial charge in [-0.2, -0.15) is 26.3 Å². The number of rotatable bonds is 2. The van der Waals surface area contributed by atoms with Crippen LogP contribution in [0.1, 0.15) is 5.56 Å². The maximum atomic E-state index is 12.0. The Balaban J connectivity index is 2.99. The SMILES string of the molecule is Cc1c(OC(=O)C(F)(F)F)cccc1OC(=O)C(F)(F)F. The lowest BCUT2D eigenvalue weighted by Crippen LogP contribution is -2.29. The molecule has 0 bridgehead atoms. The van der Waals surface area contributed by atoms with Gasteiger partial charge in [0.15, 0.2) is 0 Å². The summed E-state index contributed by atoms with van der Waals surface area (Å²) >= 11 is 0. The van der Waals surface area contributed by atoms with Crippen LogP contribution in [0.4, 0.5) is 26.3 Å². The van der Waals surface area contributed by atoms with Gasteiger partial charge >= 0.3 is 24.3 Å². The summed E-state index contributed by atoms with van der Waals surface area (Å²) in [5, 5.41) is 0. The fourth-order valence-electron chi connectivity index (χ4n) is 1.13. The van der Waals surface area contributed by atoms with E-state index < -0.39 is 35.8 Å². The average Bonchev–Trinajstić information content (AvgIpc) is 2.31. The zero-order valence-electron chi connectivity index (χ0n) is 10.1. The van der Waals surface area contributed by atoms with Crippen LogP contribution in [0.2, 0.25) is 0 Å². The van der Waals surface area contributed by atoms with Crippen molar-refractivity contribution in [1.29, 1.82) is 0 Å². The second-order valence-corrected chi connectivity index (χ2v) is 3.65. The van der Waals surface area contributed by atoms with Crippen molar-refractivity contribution >= 4 is 11.9 Å². The molecule has 0 unspecified atom stereocenters. The predicted molar refractivity (Wildman–Crippen MR) is 54.6 cm³/mol. The monoisotopic (exact) mass is 316 g/mol. The number of ether oxygens (including phenoxy) is 2. The van der Waals surface area contributed by atoms with E-state index in [1.165, 1.54) is 0 Å². The molecule has 0 amide bonds. The van der Waals surface area contributed by atoms with Crippen LogP contribution in [0.15, 0.2) is 18.2 Å². The summed E-state index contributed by atoms with van der Waals surface area (Å²) in [7, 11) is 0. The Kier molecular flexibility index (Phi) is 4.49. The van der Waals surface area contributed by atoms with Crippen LogP contribution < -0.4 is 9.47 Å². The van der Waals surface area contributed by atoms with Crippen LogP contribution in [-0.2, 0) is 9.59 Å². The van der Waals surface area contributed by atoms with Crippen LogP contribution in [0.5, 0.6) is 11.5 Å². The molecular weight excluding hydrogens is 310 g/mol. The molecule has 0 radical (unpaired) electrons. The molecule has 21 heavy (non-hydrogen) atoms. The van der Waals surface area contributed by atoms with E-state index in [1.807, 2.05) is 0 Å². The summed E-state index contributed by atoms with van der Waals surface area (Å²) in [5.41, 5.74) is -0.368. The van der Waals surface area contributed by atoms with Gasteiger partial charge in [0.2, 0.25) is 0 Å². The first-order valence-corrected chi connectivity index (χ1v) is 5.10. The fourth-order valence-corrected chi connectivity index (χ4v) is 1.13. The zero-order chi connectivity index (χ0) is 16.4. The number of benzene rings is 1. The van der Waals surface area contributed by atoms with Crippen LogP contribution in [-0.4, -0.2) is 24.3 Å². The lowest BCUT2D eigenvalue weighted by Gasteiger charge is -2.13. The van der Waals surface area contributed by atoms with Crippen molar-refractivity contribution in [1.82, 2.24) is 0 Å². The van der Waals surface area contributed by atoms with E-state index >= 15 is 0 Å². The first-order valence-electron chi connectivity index (χ1n) is 5.10. The van der Waals surface area contributed by atoms with Gasteiger partial charge in [-0.1, -0.05) is 6.07 Å². The molecule has 0 aliphatic carbocycles. The highest BCUT2D eigenvalue weighted by molar-refractivity contribution is 5.80. The number of carbonyl (C=O) groups excluding carboxylic acids is 2. The summed E-state index contributed by atoms with van der Waals surface area (Å²) in [4.78, 5) is 21.3. The first kappa shape index (κ1) is 16.8. The summed E-state index contributed by atoms with van der Waals surface area (Å²) in [6.07, 6.45) is -10.5. The highest BCUT2D eigenvalue weighted by atomic mass is 19.4. The van der Waals surface area contributed by atoms with Gasteiger partial charge in [-0.05, 0) is 19.1 Å². The molecule has 1 aromatic rings. The number of hydrogen-bond acceptors (Lipinski definition) is 4. The Morgan fingerprint density at radius 2 is 1.19 bits per heavy atom.